The van der Waals surface area contributed by atoms with Crippen LogP contribution in [-0.4, -0.2) is 36.6 Å². The Bertz CT molecular complexity index is 503. The average Bonchev–Trinajstić information content (AvgIpc) is 2.98. The van der Waals surface area contributed by atoms with Crippen LogP contribution in [0.5, 0.6) is 0 Å². The molecule has 0 bridgehead atoms. The maximum atomic E-state index is 10.4. The van der Waals surface area contributed by atoms with E-state index in [2.05, 4.69) is 20.8 Å². The molecule has 3 heteroatoms. The molecule has 0 amide bonds. The summed E-state index contributed by atoms with van der Waals surface area (Å²) in [6, 6.07) is 0. The van der Waals surface area contributed by atoms with Crippen LogP contribution < -0.4 is 5.11 Å². The molecule has 0 heterocycles. The molecule has 0 radical (unpaired) electrons. The number of unbranched alkanes of at least 4 members (excludes halogenated alkanes) is 26. The van der Waals surface area contributed by atoms with E-state index in [0.717, 1.165) is 12.8 Å². The molecule has 0 aliphatic carbocycles. The van der Waals surface area contributed by atoms with E-state index >= 15 is 0 Å². The SMILES string of the molecule is CCCCCC[N+](CCCCCC)(CCCCCC)CCCCCCCCCCCCCCCCCCCCC(=O)[O-]. The number of aliphatic carboxylic acids is 1. The minimum absolute atomic E-state index is 0.234. The van der Waals surface area contributed by atoms with Gasteiger partial charge in [-0.05, 0) is 64.2 Å². The fourth-order valence-corrected chi connectivity index (χ4v) is 6.84. The van der Waals surface area contributed by atoms with Gasteiger partial charge in [-0.2, -0.15) is 0 Å². The number of carbonyl (C=O) groups is 1. The van der Waals surface area contributed by atoms with Crippen LogP contribution in [-0.2, 0) is 4.79 Å². The van der Waals surface area contributed by atoms with Gasteiger partial charge in [-0.3, -0.25) is 0 Å². The van der Waals surface area contributed by atoms with Gasteiger partial charge in [0.25, 0.3) is 0 Å². The summed E-state index contributed by atoms with van der Waals surface area (Å²) >= 11 is 0. The number of quaternary nitrogens is 1. The smallest absolute Gasteiger partial charge is 0.0786 e. The second kappa shape index (κ2) is 33.3. The van der Waals surface area contributed by atoms with Crippen molar-refractivity contribution >= 4 is 5.97 Å². The zero-order chi connectivity index (χ0) is 30.8. The van der Waals surface area contributed by atoms with E-state index in [0.29, 0.717) is 0 Å². The van der Waals surface area contributed by atoms with Crippen LogP contribution in [0.2, 0.25) is 0 Å². The van der Waals surface area contributed by atoms with Crippen LogP contribution in [0.1, 0.15) is 220 Å². The van der Waals surface area contributed by atoms with Crippen LogP contribution >= 0.6 is 0 Å². The monoisotopic (exact) mass is 594 g/mol. The van der Waals surface area contributed by atoms with Gasteiger partial charge in [0.15, 0.2) is 0 Å². The summed E-state index contributed by atoms with van der Waals surface area (Å²) in [6.45, 7) is 12.8. The number of carbonyl (C=O) groups excluding carboxylic acids is 1. The largest absolute Gasteiger partial charge is 0.550 e. The second-order valence-electron chi connectivity index (χ2n) is 13.9. The van der Waals surface area contributed by atoms with Crippen molar-refractivity contribution in [1.82, 2.24) is 0 Å². The highest BCUT2D eigenvalue weighted by molar-refractivity contribution is 5.64. The molecule has 0 atom stereocenters. The van der Waals surface area contributed by atoms with Crippen molar-refractivity contribution < 1.29 is 14.4 Å². The normalized spacial score (nSPS) is 11.9. The maximum Gasteiger partial charge on any atom is 0.0786 e. The summed E-state index contributed by atoms with van der Waals surface area (Å²) in [4.78, 5) is 10.4. The van der Waals surface area contributed by atoms with Crippen molar-refractivity contribution in [2.24, 2.45) is 0 Å². The first kappa shape index (κ1) is 41.4. The molecule has 0 unspecified atom stereocenters. The third-order valence-corrected chi connectivity index (χ3v) is 9.72. The lowest BCUT2D eigenvalue weighted by molar-refractivity contribution is -0.929. The molecular formula is C39H79NO2. The quantitative estimate of drug-likeness (QED) is 0.0535. The van der Waals surface area contributed by atoms with Crippen LogP contribution in [0.3, 0.4) is 0 Å². The maximum absolute atomic E-state index is 10.4. The number of hydrogen-bond acceptors (Lipinski definition) is 2. The van der Waals surface area contributed by atoms with E-state index in [1.54, 1.807) is 0 Å². The molecular weight excluding hydrogens is 514 g/mol. The molecule has 0 aliphatic rings. The van der Waals surface area contributed by atoms with Crippen LogP contribution in [0.15, 0.2) is 0 Å². The van der Waals surface area contributed by atoms with Crippen LogP contribution in [0.25, 0.3) is 0 Å². The van der Waals surface area contributed by atoms with Gasteiger partial charge in [0.05, 0.1) is 26.2 Å². The lowest BCUT2D eigenvalue weighted by Gasteiger charge is -2.39. The number of hydrogen-bond donors (Lipinski definition) is 0. The lowest BCUT2D eigenvalue weighted by Crippen LogP contribution is -2.50. The Morgan fingerprint density at radius 2 is 0.571 bits per heavy atom. The van der Waals surface area contributed by atoms with Crippen molar-refractivity contribution in [2.45, 2.75) is 220 Å². The highest BCUT2D eigenvalue weighted by Gasteiger charge is 2.25. The summed E-state index contributed by atoms with van der Waals surface area (Å²) in [5, 5.41) is 10.4. The third-order valence-electron chi connectivity index (χ3n) is 9.72. The average molecular weight is 594 g/mol. The van der Waals surface area contributed by atoms with Gasteiger partial charge in [-0.15, -0.1) is 0 Å². The predicted molar refractivity (Wildman–Crippen MR) is 185 cm³/mol. The highest BCUT2D eigenvalue weighted by atomic mass is 16.4. The molecule has 0 saturated heterocycles. The van der Waals surface area contributed by atoms with Crippen molar-refractivity contribution in [3.8, 4) is 0 Å². The number of nitrogens with zero attached hydrogens (tertiary/aromatic N) is 1. The lowest BCUT2D eigenvalue weighted by atomic mass is 10.0. The summed E-state index contributed by atoms with van der Waals surface area (Å²) < 4.78 is 1.45. The van der Waals surface area contributed by atoms with Gasteiger partial charge in [-0.1, -0.05) is 156 Å². The predicted octanol–water partition coefficient (Wildman–Crippen LogP) is 11.7. The summed E-state index contributed by atoms with van der Waals surface area (Å²) in [5.74, 6) is -0.897. The Balaban J connectivity index is 3.94. The minimum Gasteiger partial charge on any atom is -0.550 e. The number of carboxylic acids is 1. The van der Waals surface area contributed by atoms with Gasteiger partial charge >= 0.3 is 0 Å². The summed E-state index contributed by atoms with van der Waals surface area (Å²) in [7, 11) is 0. The van der Waals surface area contributed by atoms with Crippen molar-refractivity contribution in [2.75, 3.05) is 26.2 Å². The Kier molecular flexibility index (Phi) is 32.9. The van der Waals surface area contributed by atoms with Gasteiger partial charge < -0.3 is 14.4 Å². The Morgan fingerprint density at radius 3 is 0.810 bits per heavy atom. The topological polar surface area (TPSA) is 40.1 Å². The first-order valence-electron chi connectivity index (χ1n) is 19.6. The third kappa shape index (κ3) is 29.5. The zero-order valence-electron chi connectivity index (χ0n) is 29.5. The molecule has 0 aliphatic heterocycles. The zero-order valence-corrected chi connectivity index (χ0v) is 29.5. The second-order valence-corrected chi connectivity index (χ2v) is 13.9. The van der Waals surface area contributed by atoms with E-state index in [1.165, 1.54) is 210 Å². The van der Waals surface area contributed by atoms with Gasteiger partial charge in [-0.25, -0.2) is 0 Å². The van der Waals surface area contributed by atoms with Gasteiger partial charge in [0.2, 0.25) is 0 Å². The molecule has 3 nitrogen and oxygen atoms in total. The Morgan fingerprint density at radius 1 is 0.357 bits per heavy atom. The van der Waals surface area contributed by atoms with E-state index < -0.39 is 5.97 Å². The molecule has 42 heavy (non-hydrogen) atoms. The Hall–Kier alpha value is -0.570. The molecule has 0 spiro atoms. The molecule has 0 N–H and O–H groups in total. The summed E-state index contributed by atoms with van der Waals surface area (Å²) in [6.07, 6.45) is 41.4. The fourth-order valence-electron chi connectivity index (χ4n) is 6.84. The van der Waals surface area contributed by atoms with Crippen LogP contribution in [0, 0.1) is 0 Å². The van der Waals surface area contributed by atoms with E-state index in [-0.39, 0.29) is 6.42 Å². The van der Waals surface area contributed by atoms with Crippen LogP contribution in [0.4, 0.5) is 0 Å². The van der Waals surface area contributed by atoms with E-state index in [1.807, 2.05) is 0 Å². The molecule has 0 rings (SSSR count). The minimum atomic E-state index is -0.897. The van der Waals surface area contributed by atoms with E-state index in [4.69, 9.17) is 0 Å². The summed E-state index contributed by atoms with van der Waals surface area (Å²) in [5.41, 5.74) is 0. The molecule has 252 valence electrons. The molecule has 0 aromatic heterocycles. The molecule has 0 aromatic rings. The number of rotatable bonds is 36. The van der Waals surface area contributed by atoms with Gasteiger partial charge in [0.1, 0.15) is 0 Å². The first-order valence-corrected chi connectivity index (χ1v) is 19.6. The molecule has 0 saturated carbocycles. The van der Waals surface area contributed by atoms with Crippen molar-refractivity contribution in [1.29, 1.82) is 0 Å². The fraction of sp³-hybridized carbons (Fsp3) is 0.974. The van der Waals surface area contributed by atoms with Crippen molar-refractivity contribution in [3.63, 3.8) is 0 Å². The highest BCUT2D eigenvalue weighted by Crippen LogP contribution is 2.20. The van der Waals surface area contributed by atoms with E-state index in [9.17, 15) is 9.90 Å². The first-order chi connectivity index (χ1) is 20.6. The standard InChI is InChI=1S/C39H79NO2/c1-4-7-10-30-35-40(36-31-11-8-5-2,37-32-12-9-6-3)38-33-28-26-24-22-20-18-16-14-13-15-17-19-21-23-25-27-29-34-39(41)42/h4-38H2,1-3H3. The molecule has 0 fully saturated rings. The number of carboxylic acid groups (broad SMARTS) is 1. The van der Waals surface area contributed by atoms with Crippen molar-refractivity contribution in [3.05, 3.63) is 0 Å². The Labute approximate surface area is 266 Å². The molecule has 0 aromatic carbocycles. The van der Waals surface area contributed by atoms with Gasteiger partial charge in [0, 0.05) is 5.97 Å².